The Balaban J connectivity index is 2.16. The largest absolute Gasteiger partial charge is 0.497 e. The summed E-state index contributed by atoms with van der Waals surface area (Å²) >= 11 is 0. The van der Waals surface area contributed by atoms with E-state index in [1.807, 2.05) is 48.5 Å². The van der Waals surface area contributed by atoms with Crippen LogP contribution < -0.4 is 9.47 Å². The van der Waals surface area contributed by atoms with Crippen LogP contribution in [0.5, 0.6) is 11.5 Å². The van der Waals surface area contributed by atoms with Gasteiger partial charge in [0.1, 0.15) is 11.5 Å². The molecular formula is C20H25NO4. The Morgan fingerprint density at radius 2 is 1.76 bits per heavy atom. The van der Waals surface area contributed by atoms with Gasteiger partial charge in [-0.2, -0.15) is 0 Å². The first kappa shape index (κ1) is 18.8. The summed E-state index contributed by atoms with van der Waals surface area (Å²) in [5, 5.41) is 0. The van der Waals surface area contributed by atoms with Gasteiger partial charge in [-0.05, 0) is 23.8 Å². The second-order valence-electron chi connectivity index (χ2n) is 5.65. The van der Waals surface area contributed by atoms with E-state index in [0.29, 0.717) is 31.2 Å². The maximum absolute atomic E-state index is 12.9. The lowest BCUT2D eigenvalue weighted by atomic mass is 10.1. The van der Waals surface area contributed by atoms with Gasteiger partial charge in [0.25, 0.3) is 0 Å². The van der Waals surface area contributed by atoms with Crippen LogP contribution in [0.25, 0.3) is 0 Å². The lowest BCUT2D eigenvalue weighted by molar-refractivity contribution is -0.131. The van der Waals surface area contributed by atoms with Gasteiger partial charge in [0.15, 0.2) is 0 Å². The monoisotopic (exact) mass is 343 g/mol. The van der Waals surface area contributed by atoms with Gasteiger partial charge >= 0.3 is 0 Å². The molecule has 0 atom stereocenters. The summed E-state index contributed by atoms with van der Waals surface area (Å²) in [5.74, 6) is 1.41. The zero-order chi connectivity index (χ0) is 18.1. The Morgan fingerprint density at radius 1 is 1.00 bits per heavy atom. The third kappa shape index (κ3) is 5.50. The minimum atomic E-state index is 0.0208. The van der Waals surface area contributed by atoms with Gasteiger partial charge < -0.3 is 19.1 Å². The van der Waals surface area contributed by atoms with Crippen molar-refractivity contribution in [2.75, 3.05) is 34.5 Å². The summed E-state index contributed by atoms with van der Waals surface area (Å²) in [6.07, 6.45) is 0.247. The minimum absolute atomic E-state index is 0.0208. The Kier molecular flexibility index (Phi) is 7.29. The number of hydrogen-bond acceptors (Lipinski definition) is 4. The van der Waals surface area contributed by atoms with Gasteiger partial charge in [0, 0.05) is 25.8 Å². The first-order chi connectivity index (χ1) is 12.2. The van der Waals surface area contributed by atoms with Crippen LogP contribution in [-0.2, 0) is 22.5 Å². The fourth-order valence-electron chi connectivity index (χ4n) is 2.59. The molecule has 1 amide bonds. The highest BCUT2D eigenvalue weighted by molar-refractivity contribution is 5.79. The van der Waals surface area contributed by atoms with Crippen LogP contribution in [0.4, 0.5) is 0 Å². The number of amides is 1. The summed E-state index contributed by atoms with van der Waals surface area (Å²) in [4.78, 5) is 14.7. The molecule has 2 aromatic rings. The molecule has 2 aromatic carbocycles. The molecule has 25 heavy (non-hydrogen) atoms. The van der Waals surface area contributed by atoms with Crippen LogP contribution >= 0.6 is 0 Å². The SMILES string of the molecule is COCCN(Cc1ccccc1)C(=O)Cc1cc(OC)ccc1OC. The van der Waals surface area contributed by atoms with Crippen LogP contribution in [0, 0.1) is 0 Å². The number of ether oxygens (including phenoxy) is 3. The van der Waals surface area contributed by atoms with Gasteiger partial charge in [-0.25, -0.2) is 0 Å². The molecule has 0 radical (unpaired) electrons. The second-order valence-corrected chi connectivity index (χ2v) is 5.65. The van der Waals surface area contributed by atoms with E-state index in [9.17, 15) is 4.79 Å². The average Bonchev–Trinajstić information content (AvgIpc) is 2.65. The van der Waals surface area contributed by atoms with E-state index in [0.717, 1.165) is 11.1 Å². The standard InChI is InChI=1S/C20H25NO4/c1-23-12-11-21(15-16-7-5-4-6-8-16)20(22)14-17-13-18(24-2)9-10-19(17)25-3/h4-10,13H,11-12,14-15H2,1-3H3. The molecule has 0 heterocycles. The molecule has 5 heteroatoms. The number of rotatable bonds is 9. The summed E-state index contributed by atoms with van der Waals surface area (Å²) in [6.45, 7) is 1.58. The topological polar surface area (TPSA) is 48.0 Å². The summed E-state index contributed by atoms with van der Waals surface area (Å²) < 4.78 is 15.8. The summed E-state index contributed by atoms with van der Waals surface area (Å²) in [7, 11) is 4.84. The molecule has 0 aliphatic rings. The highest BCUT2D eigenvalue weighted by Crippen LogP contribution is 2.25. The molecule has 0 aliphatic heterocycles. The molecule has 0 N–H and O–H groups in total. The Morgan fingerprint density at radius 3 is 2.40 bits per heavy atom. The predicted octanol–water partition coefficient (Wildman–Crippen LogP) is 2.92. The normalized spacial score (nSPS) is 10.4. The Hall–Kier alpha value is -2.53. The first-order valence-electron chi connectivity index (χ1n) is 8.19. The molecule has 0 aromatic heterocycles. The highest BCUT2D eigenvalue weighted by Gasteiger charge is 2.17. The van der Waals surface area contributed by atoms with Crippen molar-refractivity contribution in [1.82, 2.24) is 4.90 Å². The lowest BCUT2D eigenvalue weighted by Gasteiger charge is -2.23. The van der Waals surface area contributed by atoms with Gasteiger partial charge in [-0.1, -0.05) is 30.3 Å². The van der Waals surface area contributed by atoms with E-state index in [1.165, 1.54) is 0 Å². The molecule has 0 bridgehead atoms. The average molecular weight is 343 g/mol. The maximum atomic E-state index is 12.9. The van der Waals surface area contributed by atoms with Crippen molar-refractivity contribution < 1.29 is 19.0 Å². The number of methoxy groups -OCH3 is 3. The fraction of sp³-hybridized carbons (Fsp3) is 0.350. The summed E-state index contributed by atoms with van der Waals surface area (Å²) in [6, 6.07) is 15.4. The summed E-state index contributed by atoms with van der Waals surface area (Å²) in [5.41, 5.74) is 1.90. The smallest absolute Gasteiger partial charge is 0.227 e. The van der Waals surface area contributed by atoms with E-state index in [-0.39, 0.29) is 12.3 Å². The van der Waals surface area contributed by atoms with Crippen molar-refractivity contribution in [3.8, 4) is 11.5 Å². The quantitative estimate of drug-likeness (QED) is 0.702. The molecule has 2 rings (SSSR count). The molecule has 5 nitrogen and oxygen atoms in total. The van der Waals surface area contributed by atoms with Crippen LogP contribution in [0.15, 0.2) is 48.5 Å². The molecule has 0 saturated carbocycles. The van der Waals surface area contributed by atoms with E-state index in [4.69, 9.17) is 14.2 Å². The predicted molar refractivity (Wildman–Crippen MR) is 97.0 cm³/mol. The maximum Gasteiger partial charge on any atom is 0.227 e. The van der Waals surface area contributed by atoms with Crippen molar-refractivity contribution >= 4 is 5.91 Å². The molecule has 0 aliphatic carbocycles. The number of hydrogen-bond donors (Lipinski definition) is 0. The van der Waals surface area contributed by atoms with E-state index in [2.05, 4.69) is 0 Å². The van der Waals surface area contributed by atoms with Crippen molar-refractivity contribution in [2.24, 2.45) is 0 Å². The van der Waals surface area contributed by atoms with Gasteiger partial charge in [-0.3, -0.25) is 4.79 Å². The second kappa shape index (κ2) is 9.69. The van der Waals surface area contributed by atoms with Crippen molar-refractivity contribution in [1.29, 1.82) is 0 Å². The molecule has 0 saturated heterocycles. The Labute approximate surface area is 149 Å². The number of carbonyl (C=O) groups excluding carboxylic acids is 1. The van der Waals surface area contributed by atoms with Crippen LogP contribution in [0.3, 0.4) is 0 Å². The number of carbonyl (C=O) groups is 1. The Bertz CT molecular complexity index is 673. The highest BCUT2D eigenvalue weighted by atomic mass is 16.5. The third-order valence-electron chi connectivity index (χ3n) is 3.96. The molecule has 0 unspecified atom stereocenters. The first-order valence-corrected chi connectivity index (χ1v) is 8.19. The van der Waals surface area contributed by atoms with E-state index in [1.54, 1.807) is 26.2 Å². The molecule has 134 valence electrons. The van der Waals surface area contributed by atoms with Crippen molar-refractivity contribution in [3.05, 3.63) is 59.7 Å². The number of benzene rings is 2. The molecular weight excluding hydrogens is 318 g/mol. The van der Waals surface area contributed by atoms with Crippen LogP contribution in [0.1, 0.15) is 11.1 Å². The van der Waals surface area contributed by atoms with Gasteiger partial charge in [-0.15, -0.1) is 0 Å². The third-order valence-corrected chi connectivity index (χ3v) is 3.96. The van der Waals surface area contributed by atoms with Gasteiger partial charge in [0.2, 0.25) is 5.91 Å². The number of nitrogens with zero attached hydrogens (tertiary/aromatic N) is 1. The van der Waals surface area contributed by atoms with E-state index < -0.39 is 0 Å². The zero-order valence-corrected chi connectivity index (χ0v) is 15.0. The van der Waals surface area contributed by atoms with E-state index >= 15 is 0 Å². The fourth-order valence-corrected chi connectivity index (χ4v) is 2.59. The van der Waals surface area contributed by atoms with Crippen molar-refractivity contribution in [3.63, 3.8) is 0 Å². The molecule has 0 spiro atoms. The molecule has 0 fully saturated rings. The van der Waals surface area contributed by atoms with Crippen LogP contribution in [-0.4, -0.2) is 45.3 Å². The minimum Gasteiger partial charge on any atom is -0.497 e. The van der Waals surface area contributed by atoms with Crippen molar-refractivity contribution in [2.45, 2.75) is 13.0 Å². The van der Waals surface area contributed by atoms with Gasteiger partial charge in [0.05, 0.1) is 27.2 Å². The van der Waals surface area contributed by atoms with Crippen LogP contribution in [0.2, 0.25) is 0 Å². The zero-order valence-electron chi connectivity index (χ0n) is 15.0. The lowest BCUT2D eigenvalue weighted by Crippen LogP contribution is -2.34.